The topological polar surface area (TPSA) is 43.1 Å². The first-order valence-corrected chi connectivity index (χ1v) is 3.86. The summed E-state index contributed by atoms with van der Waals surface area (Å²) >= 11 is 0. The quantitative estimate of drug-likeness (QED) is 0.614. The minimum atomic E-state index is -0.688. The van der Waals surface area contributed by atoms with Crippen LogP contribution < -0.4 is 5.73 Å². The summed E-state index contributed by atoms with van der Waals surface area (Å²) in [5.41, 5.74) is 5.09. The lowest BCUT2D eigenvalue weighted by Gasteiger charge is -2.23. The molecule has 0 saturated heterocycles. The highest BCUT2D eigenvalue weighted by Gasteiger charge is 2.28. The third-order valence-corrected chi connectivity index (χ3v) is 2.08. The van der Waals surface area contributed by atoms with Crippen LogP contribution in [0.25, 0.3) is 0 Å². The smallest absolute Gasteiger partial charge is 0.164 e. The second kappa shape index (κ2) is 4.15. The van der Waals surface area contributed by atoms with Crippen molar-refractivity contribution in [3.8, 4) is 12.3 Å². The molecular weight excluding hydrogens is 138 g/mol. The predicted octanol–water partition coefficient (Wildman–Crippen LogP) is 1.10. The number of rotatable bonds is 4. The molecule has 0 bridgehead atoms. The van der Waals surface area contributed by atoms with E-state index in [9.17, 15) is 4.79 Å². The largest absolute Gasteiger partial charge is 0.319 e. The third-order valence-electron chi connectivity index (χ3n) is 2.08. The molecule has 0 heterocycles. The number of terminal acetylenes is 1. The van der Waals surface area contributed by atoms with Gasteiger partial charge >= 0.3 is 0 Å². The van der Waals surface area contributed by atoms with Crippen molar-refractivity contribution in [2.75, 3.05) is 0 Å². The van der Waals surface area contributed by atoms with E-state index in [0.29, 0.717) is 12.8 Å². The van der Waals surface area contributed by atoms with Crippen molar-refractivity contribution in [3.05, 3.63) is 0 Å². The molecule has 0 aliphatic rings. The van der Waals surface area contributed by atoms with Gasteiger partial charge in [0.25, 0.3) is 0 Å². The van der Waals surface area contributed by atoms with Gasteiger partial charge in [-0.1, -0.05) is 19.8 Å². The average Bonchev–Trinajstić information content (AvgIpc) is 2.03. The van der Waals surface area contributed by atoms with Crippen LogP contribution >= 0.6 is 0 Å². The molecule has 62 valence electrons. The lowest BCUT2D eigenvalue weighted by Crippen LogP contribution is -2.46. The van der Waals surface area contributed by atoms with Gasteiger partial charge in [0.2, 0.25) is 0 Å². The Morgan fingerprint density at radius 3 is 2.27 bits per heavy atom. The van der Waals surface area contributed by atoms with Crippen LogP contribution in [0.15, 0.2) is 0 Å². The molecule has 0 atom stereocenters. The van der Waals surface area contributed by atoms with Crippen LogP contribution in [0.1, 0.15) is 33.1 Å². The molecule has 0 radical (unpaired) electrons. The molecule has 11 heavy (non-hydrogen) atoms. The molecular formula is C9H15NO. The van der Waals surface area contributed by atoms with Crippen LogP contribution in [0.4, 0.5) is 0 Å². The van der Waals surface area contributed by atoms with Crippen LogP contribution in [-0.2, 0) is 4.79 Å². The summed E-state index contributed by atoms with van der Waals surface area (Å²) in [7, 11) is 0. The number of hydrogen-bond donors (Lipinski definition) is 1. The van der Waals surface area contributed by atoms with Crippen molar-refractivity contribution < 1.29 is 4.79 Å². The molecule has 0 saturated carbocycles. The van der Waals surface area contributed by atoms with E-state index in [2.05, 4.69) is 5.92 Å². The second-order valence-electron chi connectivity index (χ2n) is 2.67. The van der Waals surface area contributed by atoms with Crippen LogP contribution in [0.2, 0.25) is 0 Å². The van der Waals surface area contributed by atoms with E-state index in [1.54, 1.807) is 0 Å². The minimum absolute atomic E-state index is 0.0231. The zero-order valence-electron chi connectivity index (χ0n) is 7.18. The normalized spacial score (nSPS) is 10.7. The van der Waals surface area contributed by atoms with Crippen LogP contribution in [0, 0.1) is 12.3 Å². The molecule has 0 aromatic carbocycles. The maximum absolute atomic E-state index is 11.3. The molecule has 0 aromatic rings. The number of carbonyl (C=O) groups is 1. The molecule has 0 fully saturated rings. The SMILES string of the molecule is C#CCC(=O)C(N)(CC)CC. The van der Waals surface area contributed by atoms with Gasteiger partial charge < -0.3 is 5.73 Å². The van der Waals surface area contributed by atoms with Crippen molar-refractivity contribution in [1.29, 1.82) is 0 Å². The molecule has 0 amide bonds. The van der Waals surface area contributed by atoms with Crippen molar-refractivity contribution in [1.82, 2.24) is 0 Å². The van der Waals surface area contributed by atoms with Crippen molar-refractivity contribution >= 4 is 5.78 Å². The van der Waals surface area contributed by atoms with E-state index in [0.717, 1.165) is 0 Å². The Morgan fingerprint density at radius 2 is 2.00 bits per heavy atom. The second-order valence-corrected chi connectivity index (χ2v) is 2.67. The van der Waals surface area contributed by atoms with Gasteiger partial charge in [-0.15, -0.1) is 6.42 Å². The summed E-state index contributed by atoms with van der Waals surface area (Å²) in [5.74, 6) is 2.29. The molecule has 0 aromatic heterocycles. The highest BCUT2D eigenvalue weighted by Crippen LogP contribution is 2.13. The lowest BCUT2D eigenvalue weighted by atomic mass is 9.88. The lowest BCUT2D eigenvalue weighted by molar-refractivity contribution is -0.123. The fourth-order valence-corrected chi connectivity index (χ4v) is 0.913. The van der Waals surface area contributed by atoms with Crippen LogP contribution in [0.3, 0.4) is 0 Å². The minimum Gasteiger partial charge on any atom is -0.319 e. The van der Waals surface area contributed by atoms with E-state index in [1.807, 2.05) is 13.8 Å². The summed E-state index contributed by atoms with van der Waals surface area (Å²) in [5, 5.41) is 0. The highest BCUT2D eigenvalue weighted by molar-refractivity contribution is 5.89. The summed E-state index contributed by atoms with van der Waals surface area (Å²) < 4.78 is 0. The number of nitrogens with two attached hydrogens (primary N) is 1. The third kappa shape index (κ3) is 2.36. The maximum atomic E-state index is 11.3. The Hall–Kier alpha value is -0.810. The molecule has 0 aliphatic heterocycles. The van der Waals surface area contributed by atoms with Gasteiger partial charge in [0.15, 0.2) is 5.78 Å². The molecule has 0 spiro atoms. The van der Waals surface area contributed by atoms with E-state index >= 15 is 0 Å². The van der Waals surface area contributed by atoms with E-state index in [4.69, 9.17) is 12.2 Å². The van der Waals surface area contributed by atoms with Gasteiger partial charge in [0, 0.05) is 0 Å². The van der Waals surface area contributed by atoms with Crippen LogP contribution in [0.5, 0.6) is 0 Å². The Morgan fingerprint density at radius 1 is 1.55 bits per heavy atom. The molecule has 0 aliphatic carbocycles. The Bertz CT molecular complexity index is 174. The van der Waals surface area contributed by atoms with Crippen molar-refractivity contribution in [2.45, 2.75) is 38.6 Å². The van der Waals surface area contributed by atoms with E-state index in [-0.39, 0.29) is 12.2 Å². The summed E-state index contributed by atoms with van der Waals surface area (Å²) in [6.07, 6.45) is 6.47. The first kappa shape index (κ1) is 10.2. The number of ketones is 1. The summed E-state index contributed by atoms with van der Waals surface area (Å²) in [6, 6.07) is 0. The van der Waals surface area contributed by atoms with Crippen LogP contribution in [-0.4, -0.2) is 11.3 Å². The fourth-order valence-electron chi connectivity index (χ4n) is 0.913. The average molecular weight is 153 g/mol. The summed E-state index contributed by atoms with van der Waals surface area (Å²) in [6.45, 7) is 3.80. The maximum Gasteiger partial charge on any atom is 0.164 e. The van der Waals surface area contributed by atoms with Crippen molar-refractivity contribution in [3.63, 3.8) is 0 Å². The standard InChI is InChI=1S/C9H15NO/c1-4-7-8(11)9(10,5-2)6-3/h1H,5-7,10H2,2-3H3. The highest BCUT2D eigenvalue weighted by atomic mass is 16.1. The Balaban J connectivity index is 4.27. The first-order valence-electron chi connectivity index (χ1n) is 3.86. The van der Waals surface area contributed by atoms with Crippen molar-refractivity contribution in [2.24, 2.45) is 5.73 Å². The van der Waals surface area contributed by atoms with Gasteiger partial charge in [-0.2, -0.15) is 0 Å². The van der Waals surface area contributed by atoms with Gasteiger partial charge in [0.05, 0.1) is 12.0 Å². The Labute approximate surface area is 68.2 Å². The van der Waals surface area contributed by atoms with E-state index in [1.165, 1.54) is 0 Å². The molecule has 2 heteroatoms. The van der Waals surface area contributed by atoms with Gasteiger partial charge in [-0.25, -0.2) is 0 Å². The molecule has 2 nitrogen and oxygen atoms in total. The monoisotopic (exact) mass is 153 g/mol. The number of carbonyl (C=O) groups excluding carboxylic acids is 1. The Kier molecular flexibility index (Phi) is 3.84. The molecule has 2 N–H and O–H groups in total. The zero-order chi connectivity index (χ0) is 8.91. The zero-order valence-corrected chi connectivity index (χ0v) is 7.18. The van der Waals surface area contributed by atoms with Gasteiger partial charge in [-0.3, -0.25) is 4.79 Å². The number of hydrogen-bond acceptors (Lipinski definition) is 2. The first-order chi connectivity index (χ1) is 5.10. The predicted molar refractivity (Wildman–Crippen MR) is 46.0 cm³/mol. The molecule has 0 rings (SSSR count). The fraction of sp³-hybridized carbons (Fsp3) is 0.667. The number of Topliss-reactive ketones (excluding diaryl/α,β-unsaturated/α-hetero) is 1. The van der Waals surface area contributed by atoms with Gasteiger partial charge in [-0.05, 0) is 12.8 Å². The van der Waals surface area contributed by atoms with E-state index < -0.39 is 5.54 Å². The summed E-state index contributed by atoms with van der Waals surface area (Å²) in [4.78, 5) is 11.3. The molecule has 0 unspecified atom stereocenters. The van der Waals surface area contributed by atoms with Gasteiger partial charge in [0.1, 0.15) is 0 Å².